The molecule has 0 radical (unpaired) electrons. The summed E-state index contributed by atoms with van der Waals surface area (Å²) in [6.07, 6.45) is 1.75. The highest BCUT2D eigenvalue weighted by molar-refractivity contribution is 5.97. The van der Waals surface area contributed by atoms with E-state index in [-0.39, 0.29) is 30.2 Å². The molecule has 1 aliphatic rings. The molecule has 0 aliphatic carbocycles. The van der Waals surface area contributed by atoms with Gasteiger partial charge < -0.3 is 25.1 Å². The van der Waals surface area contributed by atoms with Crippen LogP contribution in [0.15, 0.2) is 24.3 Å². The van der Waals surface area contributed by atoms with Gasteiger partial charge in [-0.1, -0.05) is 0 Å². The molecule has 2 heterocycles. The molecular formula is C21H28N4O4. The number of likely N-dealkylation sites (tertiary alicyclic amines) is 1. The number of carbonyl (C=O) groups is 2. The van der Waals surface area contributed by atoms with Crippen LogP contribution in [-0.2, 0) is 9.53 Å². The minimum absolute atomic E-state index is 0.00907. The fraction of sp³-hybridized carbons (Fsp3) is 0.476. The Bertz CT molecular complexity index is 860. The number of benzene rings is 1. The number of amides is 2. The summed E-state index contributed by atoms with van der Waals surface area (Å²) in [7, 11) is 1.60. The number of ether oxygens (including phenoxy) is 2. The van der Waals surface area contributed by atoms with Crippen LogP contribution in [-0.4, -0.2) is 59.6 Å². The molecule has 29 heavy (non-hydrogen) atoms. The Balaban J connectivity index is 1.81. The maximum absolute atomic E-state index is 12.4. The van der Waals surface area contributed by atoms with Gasteiger partial charge in [-0.25, -0.2) is 4.98 Å². The van der Waals surface area contributed by atoms with Crippen molar-refractivity contribution in [2.45, 2.75) is 38.7 Å². The van der Waals surface area contributed by atoms with Crippen molar-refractivity contribution in [3.05, 3.63) is 35.8 Å². The summed E-state index contributed by atoms with van der Waals surface area (Å²) in [6.45, 7) is 5.12. The van der Waals surface area contributed by atoms with E-state index in [4.69, 9.17) is 15.2 Å². The van der Waals surface area contributed by atoms with E-state index in [1.807, 2.05) is 38.1 Å². The molecule has 1 aromatic heterocycles. The zero-order valence-electron chi connectivity index (χ0n) is 17.1. The van der Waals surface area contributed by atoms with Crippen LogP contribution in [0.2, 0.25) is 0 Å². The van der Waals surface area contributed by atoms with Gasteiger partial charge in [0.1, 0.15) is 29.6 Å². The van der Waals surface area contributed by atoms with E-state index in [1.165, 1.54) is 0 Å². The summed E-state index contributed by atoms with van der Waals surface area (Å²) in [5.41, 5.74) is 7.14. The quantitative estimate of drug-likeness (QED) is 0.741. The molecule has 1 aromatic carbocycles. The van der Waals surface area contributed by atoms with Gasteiger partial charge in [-0.15, -0.1) is 0 Å². The number of imidazole rings is 1. The summed E-state index contributed by atoms with van der Waals surface area (Å²) < 4.78 is 10.6. The lowest BCUT2D eigenvalue weighted by Crippen LogP contribution is -2.41. The maximum atomic E-state index is 12.4. The number of rotatable bonds is 7. The third-order valence-electron chi connectivity index (χ3n) is 5.03. The highest BCUT2D eigenvalue weighted by atomic mass is 16.5. The van der Waals surface area contributed by atoms with Crippen LogP contribution < -0.4 is 10.5 Å². The minimum atomic E-state index is -0.566. The summed E-state index contributed by atoms with van der Waals surface area (Å²) in [5.74, 6) is 0.808. The van der Waals surface area contributed by atoms with Gasteiger partial charge in [-0.3, -0.25) is 9.59 Å². The molecule has 0 saturated carbocycles. The van der Waals surface area contributed by atoms with Crippen LogP contribution in [0.1, 0.15) is 48.9 Å². The molecular weight excluding hydrogens is 372 g/mol. The molecule has 8 nitrogen and oxygen atoms in total. The van der Waals surface area contributed by atoms with Crippen molar-refractivity contribution >= 4 is 11.8 Å². The number of nitrogens with one attached hydrogen (secondary N) is 1. The van der Waals surface area contributed by atoms with Crippen molar-refractivity contribution in [3.63, 3.8) is 0 Å². The third-order valence-corrected chi connectivity index (χ3v) is 5.03. The fourth-order valence-corrected chi connectivity index (χ4v) is 3.48. The van der Waals surface area contributed by atoms with Gasteiger partial charge in [0.05, 0.1) is 13.2 Å². The molecule has 156 valence electrons. The van der Waals surface area contributed by atoms with Crippen molar-refractivity contribution in [1.82, 2.24) is 14.9 Å². The zero-order valence-corrected chi connectivity index (χ0v) is 17.1. The van der Waals surface area contributed by atoms with Gasteiger partial charge in [0, 0.05) is 24.6 Å². The van der Waals surface area contributed by atoms with E-state index in [2.05, 4.69) is 9.97 Å². The normalized spacial score (nSPS) is 16.8. The lowest BCUT2D eigenvalue weighted by molar-refractivity contribution is -0.138. The molecule has 3 rings (SSSR count). The minimum Gasteiger partial charge on any atom is -0.497 e. The van der Waals surface area contributed by atoms with Crippen molar-refractivity contribution < 1.29 is 19.1 Å². The number of hydrogen-bond acceptors (Lipinski definition) is 5. The second kappa shape index (κ2) is 9.09. The predicted molar refractivity (Wildman–Crippen MR) is 109 cm³/mol. The number of aromatic nitrogens is 2. The maximum Gasteiger partial charge on any atom is 0.267 e. The molecule has 1 saturated heterocycles. The van der Waals surface area contributed by atoms with Gasteiger partial charge in [0.2, 0.25) is 5.91 Å². The van der Waals surface area contributed by atoms with Crippen LogP contribution in [0, 0.1) is 0 Å². The van der Waals surface area contributed by atoms with E-state index in [0.717, 1.165) is 24.2 Å². The summed E-state index contributed by atoms with van der Waals surface area (Å²) in [5, 5.41) is 0. The lowest BCUT2D eigenvalue weighted by Gasteiger charge is -2.32. The summed E-state index contributed by atoms with van der Waals surface area (Å²) in [4.78, 5) is 34.0. The average molecular weight is 400 g/mol. The molecule has 0 spiro atoms. The Morgan fingerprint density at radius 1 is 1.31 bits per heavy atom. The number of aromatic amines is 1. The second-order valence-electron chi connectivity index (χ2n) is 7.48. The van der Waals surface area contributed by atoms with Crippen LogP contribution in [0.4, 0.5) is 0 Å². The fourth-order valence-electron chi connectivity index (χ4n) is 3.48. The molecule has 2 aromatic rings. The average Bonchev–Trinajstić information content (AvgIpc) is 3.18. The first-order valence-corrected chi connectivity index (χ1v) is 9.82. The number of nitrogens with two attached hydrogens (primary N) is 1. The molecule has 1 unspecified atom stereocenters. The lowest BCUT2D eigenvalue weighted by atomic mass is 9.97. The monoisotopic (exact) mass is 400 g/mol. The van der Waals surface area contributed by atoms with Gasteiger partial charge in [-0.05, 0) is 51.0 Å². The van der Waals surface area contributed by atoms with Crippen molar-refractivity contribution in [1.29, 1.82) is 0 Å². The van der Waals surface area contributed by atoms with E-state index in [0.29, 0.717) is 24.6 Å². The number of hydrogen-bond donors (Lipinski definition) is 2. The summed E-state index contributed by atoms with van der Waals surface area (Å²) >= 11 is 0. The van der Waals surface area contributed by atoms with E-state index in [1.54, 1.807) is 12.0 Å². The van der Waals surface area contributed by atoms with Gasteiger partial charge >= 0.3 is 0 Å². The van der Waals surface area contributed by atoms with Crippen LogP contribution >= 0.6 is 0 Å². The highest BCUT2D eigenvalue weighted by Gasteiger charge is 2.28. The first kappa shape index (κ1) is 20.9. The van der Waals surface area contributed by atoms with Crippen molar-refractivity contribution in [3.8, 4) is 17.0 Å². The number of H-pyrrole nitrogens is 1. The third kappa shape index (κ3) is 4.95. The predicted octanol–water partition coefficient (Wildman–Crippen LogP) is 2.32. The number of carbonyl (C=O) groups excluding carboxylic acids is 2. The number of piperidine rings is 1. The highest BCUT2D eigenvalue weighted by Crippen LogP contribution is 2.30. The van der Waals surface area contributed by atoms with Crippen LogP contribution in [0.5, 0.6) is 5.75 Å². The first-order valence-electron chi connectivity index (χ1n) is 9.82. The smallest absolute Gasteiger partial charge is 0.267 e. The number of nitrogens with zero attached hydrogens (tertiary/aromatic N) is 2. The van der Waals surface area contributed by atoms with Crippen LogP contribution in [0.25, 0.3) is 11.3 Å². The Hall–Kier alpha value is -2.87. The Kier molecular flexibility index (Phi) is 6.53. The van der Waals surface area contributed by atoms with Crippen LogP contribution in [0.3, 0.4) is 0 Å². The molecule has 8 heteroatoms. The van der Waals surface area contributed by atoms with Gasteiger partial charge in [0.25, 0.3) is 5.91 Å². The molecule has 1 atom stereocenters. The number of methoxy groups -OCH3 is 1. The largest absolute Gasteiger partial charge is 0.497 e. The van der Waals surface area contributed by atoms with Crippen molar-refractivity contribution in [2.75, 3.05) is 26.8 Å². The Labute approximate surface area is 170 Å². The standard InChI is InChI=1S/C21H28N4O4/c1-13(2)29-12-17(26)25-10-4-5-15(11-25)21-23-18(19(24-21)20(22)27)14-6-8-16(28-3)9-7-14/h6-9,13,15H,4-5,10-12H2,1-3H3,(H2,22,27)(H,23,24). The zero-order chi connectivity index (χ0) is 21.0. The Morgan fingerprint density at radius 2 is 2.03 bits per heavy atom. The SMILES string of the molecule is COc1ccc(-c2nc(C3CCCN(C(=O)COC(C)C)C3)[nH]c2C(N)=O)cc1. The number of primary amides is 1. The van der Waals surface area contributed by atoms with E-state index >= 15 is 0 Å². The molecule has 1 fully saturated rings. The summed E-state index contributed by atoms with van der Waals surface area (Å²) in [6, 6.07) is 7.30. The molecule has 2 amide bonds. The molecule has 0 bridgehead atoms. The van der Waals surface area contributed by atoms with Gasteiger partial charge in [0.15, 0.2) is 0 Å². The van der Waals surface area contributed by atoms with E-state index < -0.39 is 5.91 Å². The molecule has 1 aliphatic heterocycles. The molecule has 3 N–H and O–H groups in total. The topological polar surface area (TPSA) is 111 Å². The van der Waals surface area contributed by atoms with Gasteiger partial charge in [-0.2, -0.15) is 0 Å². The van der Waals surface area contributed by atoms with E-state index in [9.17, 15) is 9.59 Å². The first-order chi connectivity index (χ1) is 13.9. The second-order valence-corrected chi connectivity index (χ2v) is 7.48. The Morgan fingerprint density at radius 3 is 2.66 bits per heavy atom. The van der Waals surface area contributed by atoms with Crippen molar-refractivity contribution in [2.24, 2.45) is 5.73 Å².